The lowest BCUT2D eigenvalue weighted by molar-refractivity contribution is -0.132. The number of hydrogen-bond acceptors (Lipinski definition) is 4. The van der Waals surface area contributed by atoms with E-state index in [4.69, 9.17) is 10.5 Å². The van der Waals surface area contributed by atoms with E-state index >= 15 is 0 Å². The number of benzene rings is 1. The van der Waals surface area contributed by atoms with E-state index in [1.807, 2.05) is 0 Å². The van der Waals surface area contributed by atoms with Crippen molar-refractivity contribution in [3.8, 4) is 0 Å². The molecule has 1 aliphatic rings. The number of carbonyl (C=O) groups is 1. The van der Waals surface area contributed by atoms with Crippen LogP contribution in [0.25, 0.3) is 0 Å². The average Bonchev–Trinajstić information content (AvgIpc) is 2.46. The van der Waals surface area contributed by atoms with E-state index in [-0.39, 0.29) is 32.6 Å². The van der Waals surface area contributed by atoms with Crippen molar-refractivity contribution >= 4 is 15.9 Å². The maximum absolute atomic E-state index is 13.6. The summed E-state index contributed by atoms with van der Waals surface area (Å²) in [5, 5.41) is 0. The average molecular weight is 334 g/mol. The Bertz CT molecular complexity index is 652. The second-order valence-electron chi connectivity index (χ2n) is 5.13. The van der Waals surface area contributed by atoms with Crippen LogP contribution in [-0.2, 0) is 19.6 Å². The van der Waals surface area contributed by atoms with Crippen LogP contribution in [0.2, 0.25) is 0 Å². The molecule has 1 amide bonds. The molecule has 1 heterocycles. The quantitative estimate of drug-likeness (QED) is 0.820. The third-order valence-corrected chi connectivity index (χ3v) is 5.21. The van der Waals surface area contributed by atoms with Gasteiger partial charge in [-0.1, -0.05) is 6.07 Å². The molecule has 9 heteroatoms. The molecule has 0 aromatic heterocycles. The number of halogens is 2. The molecule has 0 unspecified atom stereocenters. The van der Waals surface area contributed by atoms with E-state index < -0.39 is 37.9 Å². The van der Waals surface area contributed by atoms with Crippen molar-refractivity contribution in [2.45, 2.75) is 17.7 Å². The molecule has 0 radical (unpaired) electrons. The molecule has 1 aromatic rings. The molecule has 0 saturated carbocycles. The number of nitrogens with two attached hydrogens (primary N) is 1. The van der Waals surface area contributed by atoms with Gasteiger partial charge in [0.05, 0.1) is 5.41 Å². The molecule has 22 heavy (non-hydrogen) atoms. The van der Waals surface area contributed by atoms with Gasteiger partial charge < -0.3 is 10.5 Å². The first-order valence-corrected chi connectivity index (χ1v) is 8.08. The smallest absolute Gasteiger partial charge is 0.246 e. The second-order valence-corrected chi connectivity index (χ2v) is 6.84. The lowest BCUT2D eigenvalue weighted by atomic mass is 9.80. The van der Waals surface area contributed by atoms with Gasteiger partial charge in [-0.25, -0.2) is 21.9 Å². The number of sulfonamides is 1. The van der Waals surface area contributed by atoms with Crippen LogP contribution in [0.15, 0.2) is 23.1 Å². The van der Waals surface area contributed by atoms with Crippen molar-refractivity contribution in [3.05, 3.63) is 29.8 Å². The van der Waals surface area contributed by atoms with E-state index in [9.17, 15) is 22.0 Å². The predicted octanol–water partition coefficient (Wildman–Crippen LogP) is 0.525. The third-order valence-electron chi connectivity index (χ3n) is 3.76. The summed E-state index contributed by atoms with van der Waals surface area (Å²) < 4.78 is 58.6. The number of primary amides is 1. The van der Waals surface area contributed by atoms with Crippen LogP contribution in [0.4, 0.5) is 8.78 Å². The van der Waals surface area contributed by atoms with Gasteiger partial charge in [-0.3, -0.25) is 4.79 Å². The number of hydrogen-bond donors (Lipinski definition) is 2. The van der Waals surface area contributed by atoms with Gasteiger partial charge in [0.1, 0.15) is 11.6 Å². The summed E-state index contributed by atoms with van der Waals surface area (Å²) in [6.07, 6.45) is 0.481. The SMILES string of the molecule is NC(=O)C1(CNS(=O)(=O)c2c(F)cccc2F)CCOCC1. The molecule has 122 valence electrons. The summed E-state index contributed by atoms with van der Waals surface area (Å²) in [6, 6.07) is 2.75. The van der Waals surface area contributed by atoms with Gasteiger partial charge >= 0.3 is 0 Å². The highest BCUT2D eigenvalue weighted by atomic mass is 32.2. The van der Waals surface area contributed by atoms with E-state index in [1.54, 1.807) is 0 Å². The Morgan fingerprint density at radius 2 is 1.82 bits per heavy atom. The summed E-state index contributed by atoms with van der Waals surface area (Å²) in [6.45, 7) is 0.194. The van der Waals surface area contributed by atoms with Crippen molar-refractivity contribution < 1.29 is 26.7 Å². The topological polar surface area (TPSA) is 98.5 Å². The van der Waals surface area contributed by atoms with Gasteiger partial charge in [-0.2, -0.15) is 0 Å². The molecule has 1 fully saturated rings. The van der Waals surface area contributed by atoms with Crippen LogP contribution in [0.5, 0.6) is 0 Å². The Morgan fingerprint density at radius 1 is 1.27 bits per heavy atom. The predicted molar refractivity (Wildman–Crippen MR) is 73.2 cm³/mol. The molecule has 3 N–H and O–H groups in total. The summed E-state index contributed by atoms with van der Waals surface area (Å²) in [5.41, 5.74) is 4.23. The summed E-state index contributed by atoms with van der Waals surface area (Å²) in [5.74, 6) is -3.08. The normalized spacial score (nSPS) is 18.1. The molecule has 0 atom stereocenters. The highest BCUT2D eigenvalue weighted by Crippen LogP contribution is 2.30. The van der Waals surface area contributed by atoms with E-state index in [2.05, 4.69) is 4.72 Å². The number of carbonyl (C=O) groups excluding carboxylic acids is 1. The molecule has 6 nitrogen and oxygen atoms in total. The Labute approximate surface area is 126 Å². The fourth-order valence-corrected chi connectivity index (χ4v) is 3.58. The maximum atomic E-state index is 13.6. The summed E-state index contributed by atoms with van der Waals surface area (Å²) in [4.78, 5) is 10.6. The summed E-state index contributed by atoms with van der Waals surface area (Å²) >= 11 is 0. The molecular weight excluding hydrogens is 318 g/mol. The fourth-order valence-electron chi connectivity index (χ4n) is 2.32. The number of amides is 1. The first kappa shape index (κ1) is 16.8. The van der Waals surface area contributed by atoms with Crippen molar-refractivity contribution in [3.63, 3.8) is 0 Å². The van der Waals surface area contributed by atoms with Gasteiger partial charge in [0.15, 0.2) is 4.90 Å². The molecule has 0 aliphatic carbocycles. The van der Waals surface area contributed by atoms with E-state index in [0.717, 1.165) is 18.2 Å². The Hall–Kier alpha value is -1.58. The molecule has 1 aromatic carbocycles. The number of ether oxygens (including phenoxy) is 1. The van der Waals surface area contributed by atoms with E-state index in [1.165, 1.54) is 0 Å². The lowest BCUT2D eigenvalue weighted by Gasteiger charge is -2.34. The molecule has 1 saturated heterocycles. The van der Waals surface area contributed by atoms with Crippen molar-refractivity contribution in [2.75, 3.05) is 19.8 Å². The molecule has 2 rings (SSSR count). The van der Waals surface area contributed by atoms with Crippen LogP contribution in [0.3, 0.4) is 0 Å². The van der Waals surface area contributed by atoms with Crippen LogP contribution < -0.4 is 10.5 Å². The van der Waals surface area contributed by atoms with Crippen molar-refractivity contribution in [1.82, 2.24) is 4.72 Å². The first-order chi connectivity index (χ1) is 10.3. The number of rotatable bonds is 5. The minimum Gasteiger partial charge on any atom is -0.381 e. The van der Waals surface area contributed by atoms with Gasteiger partial charge in [-0.05, 0) is 25.0 Å². The standard InChI is InChI=1S/C13H16F2N2O4S/c14-9-2-1-3-10(15)11(9)22(19,20)17-8-13(12(16)18)4-6-21-7-5-13/h1-3,17H,4-8H2,(H2,16,18). The number of nitrogens with one attached hydrogen (secondary N) is 1. The molecule has 1 aliphatic heterocycles. The minimum absolute atomic E-state index is 0.241. The van der Waals surface area contributed by atoms with Crippen molar-refractivity contribution in [2.24, 2.45) is 11.1 Å². The molecule has 0 bridgehead atoms. The monoisotopic (exact) mass is 334 g/mol. The van der Waals surface area contributed by atoms with Crippen LogP contribution in [0, 0.1) is 17.0 Å². The highest BCUT2D eigenvalue weighted by Gasteiger charge is 2.40. The van der Waals surface area contributed by atoms with Gasteiger partial charge in [0.25, 0.3) is 0 Å². The zero-order chi connectivity index (χ0) is 16.4. The van der Waals surface area contributed by atoms with Crippen LogP contribution in [-0.4, -0.2) is 34.1 Å². The van der Waals surface area contributed by atoms with Gasteiger partial charge in [0.2, 0.25) is 15.9 Å². The molecular formula is C13H16F2N2O4S. The Kier molecular flexibility index (Phi) is 4.78. The zero-order valence-corrected chi connectivity index (χ0v) is 12.5. The lowest BCUT2D eigenvalue weighted by Crippen LogP contribution is -2.49. The second kappa shape index (κ2) is 6.27. The highest BCUT2D eigenvalue weighted by molar-refractivity contribution is 7.89. The summed E-state index contributed by atoms with van der Waals surface area (Å²) in [7, 11) is -4.44. The van der Waals surface area contributed by atoms with Crippen molar-refractivity contribution in [1.29, 1.82) is 0 Å². The largest absolute Gasteiger partial charge is 0.381 e. The first-order valence-electron chi connectivity index (χ1n) is 6.60. The maximum Gasteiger partial charge on any atom is 0.246 e. The van der Waals surface area contributed by atoms with Crippen LogP contribution in [0.1, 0.15) is 12.8 Å². The minimum atomic E-state index is -4.44. The Morgan fingerprint density at radius 3 is 2.32 bits per heavy atom. The van der Waals surface area contributed by atoms with Crippen LogP contribution >= 0.6 is 0 Å². The van der Waals surface area contributed by atoms with E-state index in [0.29, 0.717) is 0 Å². The van der Waals surface area contributed by atoms with Gasteiger partial charge in [-0.15, -0.1) is 0 Å². The van der Waals surface area contributed by atoms with Gasteiger partial charge in [0, 0.05) is 19.8 Å². The third kappa shape index (κ3) is 3.26. The fraction of sp³-hybridized carbons (Fsp3) is 0.462. The molecule has 0 spiro atoms. The zero-order valence-electron chi connectivity index (χ0n) is 11.6. The Balaban J connectivity index is 2.24.